The first kappa shape index (κ1) is 25.2. The van der Waals surface area contributed by atoms with Crippen molar-refractivity contribution in [2.24, 2.45) is 0 Å². The summed E-state index contributed by atoms with van der Waals surface area (Å²) in [7, 11) is 0. The fraction of sp³-hybridized carbons (Fsp3) is 0.0526. The highest BCUT2D eigenvalue weighted by molar-refractivity contribution is 5.80. The van der Waals surface area contributed by atoms with Crippen molar-refractivity contribution in [2.75, 3.05) is 9.80 Å². The van der Waals surface area contributed by atoms with Crippen LogP contribution in [0, 0.1) is 13.8 Å². The first-order valence-electron chi connectivity index (χ1n) is 13.7. The Hall–Kier alpha value is -5.08. The molecule has 0 aromatic heterocycles. The Bertz CT molecular complexity index is 1570. The van der Waals surface area contributed by atoms with E-state index in [1.54, 1.807) is 0 Å². The molecule has 6 aromatic carbocycles. The third-order valence-corrected chi connectivity index (χ3v) is 7.20. The van der Waals surface area contributed by atoms with Gasteiger partial charge < -0.3 is 9.80 Å². The van der Waals surface area contributed by atoms with Gasteiger partial charge in [0.05, 0.1) is 0 Å². The first-order chi connectivity index (χ1) is 19.7. The van der Waals surface area contributed by atoms with Gasteiger partial charge in [-0.2, -0.15) is 0 Å². The van der Waals surface area contributed by atoms with E-state index in [2.05, 4.69) is 181 Å². The summed E-state index contributed by atoms with van der Waals surface area (Å²) in [5.41, 5.74) is 11.7. The summed E-state index contributed by atoms with van der Waals surface area (Å²) in [5, 5.41) is 0. The average molecular weight is 517 g/mol. The molecule has 0 saturated carbocycles. The van der Waals surface area contributed by atoms with Crippen LogP contribution in [-0.4, -0.2) is 0 Å². The number of nitrogens with zero attached hydrogens (tertiary/aromatic N) is 2. The highest BCUT2D eigenvalue weighted by Gasteiger charge is 2.14. The van der Waals surface area contributed by atoms with Gasteiger partial charge in [0.25, 0.3) is 0 Å². The Labute approximate surface area is 237 Å². The Kier molecular flexibility index (Phi) is 7.15. The summed E-state index contributed by atoms with van der Waals surface area (Å²) in [4.78, 5) is 4.59. The summed E-state index contributed by atoms with van der Waals surface area (Å²) in [6.07, 6.45) is 0. The number of para-hydroxylation sites is 2. The van der Waals surface area contributed by atoms with Gasteiger partial charge in [-0.15, -0.1) is 0 Å². The molecule has 0 spiro atoms. The van der Waals surface area contributed by atoms with Gasteiger partial charge in [0.2, 0.25) is 0 Å². The van der Waals surface area contributed by atoms with Gasteiger partial charge in [0.15, 0.2) is 0 Å². The molecule has 0 heterocycles. The van der Waals surface area contributed by atoms with Crippen molar-refractivity contribution in [1.29, 1.82) is 0 Å². The SMILES string of the molecule is Cc1ccc(N(c2ccc(C)cc2)c2ccc(-c3ccc(N(c4ccccc4)c4ccccc4)cc3)cc2)cc1. The van der Waals surface area contributed by atoms with Crippen LogP contribution < -0.4 is 9.80 Å². The Morgan fingerprint density at radius 1 is 0.275 bits per heavy atom. The molecule has 6 rings (SSSR count). The second-order valence-corrected chi connectivity index (χ2v) is 10.1. The minimum atomic E-state index is 1.13. The van der Waals surface area contributed by atoms with E-state index in [9.17, 15) is 0 Å². The van der Waals surface area contributed by atoms with Gasteiger partial charge in [-0.05, 0) is 97.8 Å². The van der Waals surface area contributed by atoms with Crippen LogP contribution >= 0.6 is 0 Å². The van der Waals surface area contributed by atoms with E-state index in [0.717, 1.165) is 34.1 Å². The molecule has 0 radical (unpaired) electrons. The Morgan fingerprint density at radius 3 is 0.825 bits per heavy atom. The molecule has 2 heteroatoms. The van der Waals surface area contributed by atoms with Crippen molar-refractivity contribution in [2.45, 2.75) is 13.8 Å². The summed E-state index contributed by atoms with van der Waals surface area (Å²) >= 11 is 0. The molecular weight excluding hydrogens is 484 g/mol. The molecule has 0 aliphatic rings. The Morgan fingerprint density at radius 2 is 0.525 bits per heavy atom. The van der Waals surface area contributed by atoms with E-state index in [-0.39, 0.29) is 0 Å². The van der Waals surface area contributed by atoms with E-state index in [1.165, 1.54) is 22.3 Å². The largest absolute Gasteiger partial charge is 0.311 e. The maximum atomic E-state index is 2.31. The average Bonchev–Trinajstić information content (AvgIpc) is 3.01. The topological polar surface area (TPSA) is 6.48 Å². The van der Waals surface area contributed by atoms with Gasteiger partial charge in [0, 0.05) is 34.1 Å². The molecule has 194 valence electrons. The van der Waals surface area contributed by atoms with Gasteiger partial charge in [0.1, 0.15) is 0 Å². The lowest BCUT2D eigenvalue weighted by Gasteiger charge is -2.26. The lowest BCUT2D eigenvalue weighted by Crippen LogP contribution is -2.10. The van der Waals surface area contributed by atoms with E-state index in [0.29, 0.717) is 0 Å². The van der Waals surface area contributed by atoms with Crippen LogP contribution in [-0.2, 0) is 0 Å². The predicted molar refractivity (Wildman–Crippen MR) is 171 cm³/mol. The van der Waals surface area contributed by atoms with E-state index < -0.39 is 0 Å². The van der Waals surface area contributed by atoms with Gasteiger partial charge >= 0.3 is 0 Å². The zero-order valence-corrected chi connectivity index (χ0v) is 22.9. The predicted octanol–water partition coefficient (Wildman–Crippen LogP) is 10.9. The van der Waals surface area contributed by atoms with Gasteiger partial charge in [-0.3, -0.25) is 0 Å². The smallest absolute Gasteiger partial charge is 0.0462 e. The zero-order chi connectivity index (χ0) is 27.3. The van der Waals surface area contributed by atoms with Crippen LogP contribution in [0.3, 0.4) is 0 Å². The second kappa shape index (κ2) is 11.3. The summed E-state index contributed by atoms with van der Waals surface area (Å²) in [5.74, 6) is 0. The van der Waals surface area contributed by atoms with Crippen molar-refractivity contribution in [3.63, 3.8) is 0 Å². The zero-order valence-electron chi connectivity index (χ0n) is 22.9. The maximum absolute atomic E-state index is 2.31. The van der Waals surface area contributed by atoms with Crippen molar-refractivity contribution in [1.82, 2.24) is 0 Å². The van der Waals surface area contributed by atoms with Crippen LogP contribution in [0.1, 0.15) is 11.1 Å². The number of hydrogen-bond acceptors (Lipinski definition) is 2. The minimum Gasteiger partial charge on any atom is -0.311 e. The lowest BCUT2D eigenvalue weighted by molar-refractivity contribution is 1.27. The van der Waals surface area contributed by atoms with Crippen molar-refractivity contribution in [3.05, 3.63) is 169 Å². The molecule has 0 amide bonds. The summed E-state index contributed by atoms with van der Waals surface area (Å²) in [6, 6.07) is 56.1. The van der Waals surface area contributed by atoms with Crippen LogP contribution in [0.4, 0.5) is 34.1 Å². The maximum Gasteiger partial charge on any atom is 0.0462 e. The van der Waals surface area contributed by atoms with Crippen LogP contribution in [0.5, 0.6) is 0 Å². The molecule has 0 N–H and O–H groups in total. The first-order valence-corrected chi connectivity index (χ1v) is 13.7. The van der Waals surface area contributed by atoms with Crippen molar-refractivity contribution in [3.8, 4) is 11.1 Å². The van der Waals surface area contributed by atoms with Crippen LogP contribution in [0.15, 0.2) is 158 Å². The lowest BCUT2D eigenvalue weighted by atomic mass is 10.0. The Balaban J connectivity index is 1.31. The molecule has 40 heavy (non-hydrogen) atoms. The number of rotatable bonds is 7. The van der Waals surface area contributed by atoms with Crippen molar-refractivity contribution < 1.29 is 0 Å². The van der Waals surface area contributed by atoms with Gasteiger partial charge in [-0.1, -0.05) is 96.1 Å². The highest BCUT2D eigenvalue weighted by atomic mass is 15.1. The molecule has 0 unspecified atom stereocenters. The number of hydrogen-bond donors (Lipinski definition) is 0. The quantitative estimate of drug-likeness (QED) is 0.208. The summed E-state index contributed by atoms with van der Waals surface area (Å²) < 4.78 is 0. The minimum absolute atomic E-state index is 1.13. The standard InChI is InChI=1S/C38H32N2/c1-29-13-21-35(22-14-29)40(36-23-15-30(2)16-24-36)38-27-19-32(20-28-38)31-17-25-37(26-18-31)39(33-9-5-3-6-10-33)34-11-7-4-8-12-34/h3-28H,1-2H3. The van der Waals surface area contributed by atoms with Crippen LogP contribution in [0.2, 0.25) is 0 Å². The fourth-order valence-corrected chi connectivity index (χ4v) is 5.04. The van der Waals surface area contributed by atoms with Gasteiger partial charge in [-0.25, -0.2) is 0 Å². The summed E-state index contributed by atoms with van der Waals surface area (Å²) in [6.45, 7) is 4.25. The highest BCUT2D eigenvalue weighted by Crippen LogP contribution is 2.37. The molecule has 0 saturated heterocycles. The van der Waals surface area contributed by atoms with E-state index >= 15 is 0 Å². The third-order valence-electron chi connectivity index (χ3n) is 7.20. The third kappa shape index (κ3) is 5.39. The van der Waals surface area contributed by atoms with Crippen molar-refractivity contribution >= 4 is 34.1 Å². The molecule has 2 nitrogen and oxygen atoms in total. The molecule has 6 aromatic rings. The molecule has 0 bridgehead atoms. The normalized spacial score (nSPS) is 10.8. The molecule has 0 aliphatic carbocycles. The molecule has 0 aliphatic heterocycles. The monoisotopic (exact) mass is 516 g/mol. The number of benzene rings is 6. The number of anilines is 6. The molecular formula is C38H32N2. The fourth-order valence-electron chi connectivity index (χ4n) is 5.04. The number of aryl methyl sites for hydroxylation is 2. The second-order valence-electron chi connectivity index (χ2n) is 10.1. The molecule has 0 fully saturated rings. The van der Waals surface area contributed by atoms with E-state index in [4.69, 9.17) is 0 Å². The van der Waals surface area contributed by atoms with E-state index in [1.807, 2.05) is 0 Å². The molecule has 0 atom stereocenters. The van der Waals surface area contributed by atoms with Crippen LogP contribution in [0.25, 0.3) is 11.1 Å².